The van der Waals surface area contributed by atoms with Gasteiger partial charge < -0.3 is 8.83 Å². The Balaban J connectivity index is 1.17. The molecule has 0 aliphatic carbocycles. The third-order valence-electron chi connectivity index (χ3n) is 11.4. The van der Waals surface area contributed by atoms with Crippen molar-refractivity contribution < 1.29 is 8.83 Å². The number of benzene rings is 10. The molecule has 0 spiro atoms. The van der Waals surface area contributed by atoms with Crippen LogP contribution in [-0.2, 0) is 0 Å². The van der Waals surface area contributed by atoms with Crippen LogP contribution in [0.4, 0.5) is 0 Å². The van der Waals surface area contributed by atoms with Gasteiger partial charge in [-0.1, -0.05) is 152 Å². The first-order chi connectivity index (χ1) is 26.8. The standard InChI is InChI=1S/C52H30O2/c1-2-17-34-31(14-1)29-43(36-19-4-3-18-35(34)36)50-41-24-7-5-22-39(41)48(40-23-6-8-25-42(40)50)32-15-13-16-33(28-32)49-51-44(37-20-9-11-26-46(37)53-51)30-45-38-21-10-12-27-47(38)54-52(45)49/h1-30H. The van der Waals surface area contributed by atoms with E-state index >= 15 is 0 Å². The molecule has 0 fully saturated rings. The SMILES string of the molecule is c1cc(-c2c3ccccc3c(-c3cc4ccccc4c4ccccc34)c3ccccc23)cc(-c2c3oc4ccccc4c3cc3c2oc2ccccc23)c1. The second-order valence-corrected chi connectivity index (χ2v) is 14.3. The van der Waals surface area contributed by atoms with Crippen molar-refractivity contribution in [3.05, 3.63) is 182 Å². The molecule has 0 radical (unpaired) electrons. The highest BCUT2D eigenvalue weighted by Gasteiger charge is 2.23. The van der Waals surface area contributed by atoms with E-state index in [-0.39, 0.29) is 0 Å². The van der Waals surface area contributed by atoms with Gasteiger partial charge in [0.25, 0.3) is 0 Å². The Hall–Kier alpha value is -7.16. The fraction of sp³-hybridized carbons (Fsp3) is 0. The number of para-hydroxylation sites is 2. The molecule has 2 heterocycles. The Kier molecular flexibility index (Phi) is 6.09. The van der Waals surface area contributed by atoms with Crippen molar-refractivity contribution in [2.45, 2.75) is 0 Å². The molecule has 0 atom stereocenters. The molecule has 0 N–H and O–H groups in total. The lowest BCUT2D eigenvalue weighted by Crippen LogP contribution is -1.92. The summed E-state index contributed by atoms with van der Waals surface area (Å²) in [6.45, 7) is 0. The van der Waals surface area contributed by atoms with E-state index in [0.717, 1.165) is 60.6 Å². The smallest absolute Gasteiger partial charge is 0.147 e. The summed E-state index contributed by atoms with van der Waals surface area (Å²) in [6, 6.07) is 65.6. The van der Waals surface area contributed by atoms with Crippen LogP contribution in [0.3, 0.4) is 0 Å². The zero-order valence-electron chi connectivity index (χ0n) is 29.1. The predicted octanol–water partition coefficient (Wildman–Crippen LogP) is 15.1. The highest BCUT2D eigenvalue weighted by Crippen LogP contribution is 2.49. The van der Waals surface area contributed by atoms with Crippen molar-refractivity contribution >= 4 is 87.0 Å². The summed E-state index contributed by atoms with van der Waals surface area (Å²) < 4.78 is 13.4. The van der Waals surface area contributed by atoms with Gasteiger partial charge in [0.15, 0.2) is 0 Å². The Bertz CT molecular complexity index is 3360. The second kappa shape index (κ2) is 11.2. The van der Waals surface area contributed by atoms with E-state index in [4.69, 9.17) is 8.83 Å². The number of hydrogen-bond acceptors (Lipinski definition) is 2. The third kappa shape index (κ3) is 4.11. The zero-order valence-corrected chi connectivity index (χ0v) is 29.1. The molecule has 0 amide bonds. The van der Waals surface area contributed by atoms with Crippen LogP contribution in [0.2, 0.25) is 0 Å². The first-order valence-electron chi connectivity index (χ1n) is 18.5. The molecule has 10 aromatic carbocycles. The van der Waals surface area contributed by atoms with Crippen molar-refractivity contribution in [3.63, 3.8) is 0 Å². The molecule has 2 nitrogen and oxygen atoms in total. The van der Waals surface area contributed by atoms with Gasteiger partial charge in [0.2, 0.25) is 0 Å². The molecule has 0 saturated heterocycles. The highest BCUT2D eigenvalue weighted by atomic mass is 16.3. The molecule has 250 valence electrons. The Morgan fingerprint density at radius 2 is 0.704 bits per heavy atom. The summed E-state index contributed by atoms with van der Waals surface area (Å²) in [5.41, 5.74) is 10.3. The van der Waals surface area contributed by atoms with Crippen molar-refractivity contribution in [2.75, 3.05) is 0 Å². The molecule has 2 aromatic heterocycles. The van der Waals surface area contributed by atoms with Gasteiger partial charge in [-0.05, 0) is 101 Å². The molecule has 0 aliphatic rings. The molecular formula is C52H30O2. The second-order valence-electron chi connectivity index (χ2n) is 14.3. The molecule has 12 aromatic rings. The Morgan fingerprint density at radius 1 is 0.259 bits per heavy atom. The first-order valence-corrected chi connectivity index (χ1v) is 18.5. The fourth-order valence-corrected chi connectivity index (χ4v) is 9.12. The van der Waals surface area contributed by atoms with Gasteiger partial charge in [0.1, 0.15) is 22.3 Å². The molecule has 2 heteroatoms. The van der Waals surface area contributed by atoms with Crippen molar-refractivity contribution in [3.8, 4) is 33.4 Å². The molecule has 54 heavy (non-hydrogen) atoms. The summed E-state index contributed by atoms with van der Waals surface area (Å²) in [6.07, 6.45) is 0. The van der Waals surface area contributed by atoms with Crippen molar-refractivity contribution in [1.82, 2.24) is 0 Å². The van der Waals surface area contributed by atoms with Gasteiger partial charge in [-0.3, -0.25) is 0 Å². The summed E-state index contributed by atoms with van der Waals surface area (Å²) in [4.78, 5) is 0. The number of hydrogen-bond donors (Lipinski definition) is 0. The number of fused-ring (bicyclic) bond motifs is 11. The summed E-state index contributed by atoms with van der Waals surface area (Å²) in [7, 11) is 0. The number of furan rings is 2. The van der Waals surface area contributed by atoms with Crippen LogP contribution in [0.15, 0.2) is 191 Å². The van der Waals surface area contributed by atoms with E-state index in [0.29, 0.717) is 0 Å². The van der Waals surface area contributed by atoms with E-state index in [1.165, 1.54) is 59.8 Å². The maximum absolute atomic E-state index is 6.70. The summed E-state index contributed by atoms with van der Waals surface area (Å²) in [5.74, 6) is 0. The van der Waals surface area contributed by atoms with Crippen LogP contribution >= 0.6 is 0 Å². The van der Waals surface area contributed by atoms with Crippen LogP contribution in [0.5, 0.6) is 0 Å². The molecule has 0 bridgehead atoms. The minimum Gasteiger partial charge on any atom is -0.455 e. The van der Waals surface area contributed by atoms with E-state index in [1.54, 1.807) is 0 Å². The topological polar surface area (TPSA) is 26.3 Å². The Morgan fingerprint density at radius 3 is 1.30 bits per heavy atom. The molecular weight excluding hydrogens is 657 g/mol. The lowest BCUT2D eigenvalue weighted by atomic mass is 9.83. The largest absolute Gasteiger partial charge is 0.455 e. The van der Waals surface area contributed by atoms with Crippen LogP contribution in [-0.4, -0.2) is 0 Å². The van der Waals surface area contributed by atoms with Crippen LogP contribution in [0.1, 0.15) is 0 Å². The lowest BCUT2D eigenvalue weighted by Gasteiger charge is -2.20. The minimum absolute atomic E-state index is 0.841. The van der Waals surface area contributed by atoms with Gasteiger partial charge in [-0.25, -0.2) is 0 Å². The maximum Gasteiger partial charge on any atom is 0.147 e. The maximum atomic E-state index is 6.70. The van der Waals surface area contributed by atoms with Gasteiger partial charge in [-0.2, -0.15) is 0 Å². The normalized spacial score (nSPS) is 12.1. The monoisotopic (exact) mass is 686 g/mol. The fourth-order valence-electron chi connectivity index (χ4n) is 9.12. The predicted molar refractivity (Wildman–Crippen MR) is 227 cm³/mol. The van der Waals surface area contributed by atoms with E-state index in [1.807, 2.05) is 24.3 Å². The molecule has 0 saturated carbocycles. The highest BCUT2D eigenvalue weighted by molar-refractivity contribution is 6.26. The van der Waals surface area contributed by atoms with Gasteiger partial charge in [0.05, 0.1) is 5.56 Å². The van der Waals surface area contributed by atoms with E-state index in [9.17, 15) is 0 Å². The Labute approximate surface area is 310 Å². The summed E-state index contributed by atoms with van der Waals surface area (Å²) >= 11 is 0. The van der Waals surface area contributed by atoms with Crippen molar-refractivity contribution in [1.29, 1.82) is 0 Å². The quantitative estimate of drug-likeness (QED) is 0.137. The van der Waals surface area contributed by atoms with Crippen LogP contribution in [0, 0.1) is 0 Å². The lowest BCUT2D eigenvalue weighted by molar-refractivity contribution is 0.658. The third-order valence-corrected chi connectivity index (χ3v) is 11.4. The van der Waals surface area contributed by atoms with Gasteiger partial charge in [-0.15, -0.1) is 0 Å². The number of rotatable bonds is 3. The zero-order chi connectivity index (χ0) is 35.3. The molecule has 0 aliphatic heterocycles. The van der Waals surface area contributed by atoms with Crippen LogP contribution in [0.25, 0.3) is 120 Å². The molecule has 0 unspecified atom stereocenters. The van der Waals surface area contributed by atoms with E-state index in [2.05, 4.69) is 158 Å². The van der Waals surface area contributed by atoms with Crippen molar-refractivity contribution in [2.24, 2.45) is 0 Å². The molecule has 12 rings (SSSR count). The minimum atomic E-state index is 0.841. The average molecular weight is 687 g/mol. The van der Waals surface area contributed by atoms with Gasteiger partial charge >= 0.3 is 0 Å². The average Bonchev–Trinajstić information content (AvgIpc) is 3.80. The first kappa shape index (κ1) is 29.4. The van der Waals surface area contributed by atoms with Crippen LogP contribution < -0.4 is 0 Å². The van der Waals surface area contributed by atoms with Gasteiger partial charge in [0, 0.05) is 21.5 Å². The summed E-state index contributed by atoms with van der Waals surface area (Å²) in [5, 5.41) is 14.3. The van der Waals surface area contributed by atoms with E-state index < -0.39 is 0 Å².